The highest BCUT2D eigenvalue weighted by Gasteiger charge is 2.50. The largest absolute Gasteiger partial charge is 0.858 e. The third kappa shape index (κ3) is 4.77. The lowest BCUT2D eigenvalue weighted by atomic mass is 10.2. The fourth-order valence-electron chi connectivity index (χ4n) is 4.45. The van der Waals surface area contributed by atoms with Gasteiger partial charge >= 0.3 is 0 Å². The van der Waals surface area contributed by atoms with Gasteiger partial charge in [0.15, 0.2) is 12.7 Å². The first-order valence-electron chi connectivity index (χ1n) is 11.9. The summed E-state index contributed by atoms with van der Waals surface area (Å²) in [5.41, 5.74) is 2.35. The zero-order valence-corrected chi connectivity index (χ0v) is 20.7. The van der Waals surface area contributed by atoms with Crippen molar-refractivity contribution in [3.63, 3.8) is 0 Å². The van der Waals surface area contributed by atoms with Crippen molar-refractivity contribution in [2.24, 2.45) is 4.99 Å². The van der Waals surface area contributed by atoms with Crippen LogP contribution in [0.15, 0.2) is 162 Å². The van der Waals surface area contributed by atoms with Crippen molar-refractivity contribution in [2.45, 2.75) is 0 Å². The lowest BCUT2D eigenvalue weighted by Crippen LogP contribution is -2.33. The molecular weight excluding hydrogens is 457 g/mol. The highest BCUT2D eigenvalue weighted by Crippen LogP contribution is 2.63. The molecule has 0 atom stereocenters. The summed E-state index contributed by atoms with van der Waals surface area (Å²) in [5, 5.41) is 17.0. The maximum Gasteiger partial charge on any atom is 0.198 e. The Morgan fingerprint density at radius 1 is 0.500 bits per heavy atom. The quantitative estimate of drug-likeness (QED) is 0.164. The minimum Gasteiger partial charge on any atom is -0.858 e. The molecule has 0 spiro atoms. The second-order valence-corrected chi connectivity index (χ2v) is 11.7. The Morgan fingerprint density at radius 2 is 0.861 bits per heavy atom. The zero-order valence-electron chi connectivity index (χ0n) is 19.8. The van der Waals surface area contributed by atoms with E-state index >= 15 is 0 Å². The summed E-state index contributed by atoms with van der Waals surface area (Å²) in [4.78, 5) is 4.92. The predicted octanol–water partition coefficient (Wildman–Crippen LogP) is 5.79. The van der Waals surface area contributed by atoms with Crippen molar-refractivity contribution in [3.05, 3.63) is 168 Å². The predicted molar refractivity (Wildman–Crippen MR) is 153 cm³/mol. The molecule has 5 rings (SSSR count). The Kier molecular flexibility index (Phi) is 7.17. The minimum absolute atomic E-state index is 0.245. The van der Waals surface area contributed by atoms with Crippen LogP contribution in [-0.2, 0) is 0 Å². The van der Waals surface area contributed by atoms with Crippen LogP contribution in [0.4, 0.5) is 0 Å². The van der Waals surface area contributed by atoms with Gasteiger partial charge in [0.05, 0.1) is 0 Å². The van der Waals surface area contributed by atoms with Crippen LogP contribution in [0.25, 0.3) is 6.08 Å². The molecule has 0 radical (unpaired) electrons. The summed E-state index contributed by atoms with van der Waals surface area (Å²) in [6.07, 6.45) is 2.08. The summed E-state index contributed by atoms with van der Waals surface area (Å²) < 4.78 is 0. The van der Waals surface area contributed by atoms with Gasteiger partial charge in [-0.2, -0.15) is 0 Å². The number of rotatable bonds is 7. The summed E-state index contributed by atoms with van der Waals surface area (Å²) in [7, 11) is -2.53. The zero-order chi connectivity index (χ0) is 24.6. The first-order valence-corrected chi connectivity index (χ1v) is 13.7. The molecule has 0 unspecified atom stereocenters. The molecule has 2 nitrogen and oxygen atoms in total. The van der Waals surface area contributed by atoms with Crippen molar-refractivity contribution >= 4 is 35.1 Å². The average molecular weight is 484 g/mol. The van der Waals surface area contributed by atoms with E-state index in [0.717, 1.165) is 26.9 Å². The van der Waals surface area contributed by atoms with Crippen molar-refractivity contribution < 1.29 is 5.11 Å². The molecule has 5 aromatic carbocycles. The molecule has 0 heterocycles. The molecule has 3 heteroatoms. The Hall–Kier alpha value is -4.26. The summed E-state index contributed by atoms with van der Waals surface area (Å²) >= 11 is 0. The smallest absolute Gasteiger partial charge is 0.198 e. The molecule has 0 saturated carbocycles. The Balaban J connectivity index is 1.89. The van der Waals surface area contributed by atoms with Gasteiger partial charge in [0.2, 0.25) is 0 Å². The van der Waals surface area contributed by atoms with E-state index in [1.807, 2.05) is 66.7 Å². The van der Waals surface area contributed by atoms with Gasteiger partial charge < -0.3 is 5.11 Å². The summed E-state index contributed by atoms with van der Waals surface area (Å²) in [6, 6.07) is 50.9. The topological polar surface area (TPSA) is 35.4 Å². The summed E-state index contributed by atoms with van der Waals surface area (Å²) in [6.45, 7) is 0. The number of hydrogen-bond donors (Lipinski definition) is 0. The second-order valence-electron chi connectivity index (χ2n) is 8.37. The van der Waals surface area contributed by atoms with Crippen LogP contribution >= 0.6 is 7.26 Å². The van der Waals surface area contributed by atoms with Crippen molar-refractivity contribution in [1.82, 2.24) is 0 Å². The molecule has 0 aliphatic heterocycles. The SMILES string of the molecule is [O-]C(=NC(=Cc1ccccc1)[P+](c1ccccc1)(c1ccccc1)c1ccccc1)c1ccccc1. The van der Waals surface area contributed by atoms with Gasteiger partial charge in [-0.05, 0) is 53.4 Å². The molecule has 0 fully saturated rings. The number of benzene rings is 5. The van der Waals surface area contributed by atoms with E-state index in [1.54, 1.807) is 0 Å². The summed E-state index contributed by atoms with van der Waals surface area (Å²) in [5.74, 6) is -0.245. The fourth-order valence-corrected chi connectivity index (χ4v) is 8.58. The van der Waals surface area contributed by atoms with Gasteiger partial charge in [-0.3, -0.25) is 0 Å². The molecule has 174 valence electrons. The number of aliphatic imine (C=N–C) groups is 1. The normalized spacial score (nSPS) is 12.3. The van der Waals surface area contributed by atoms with Gasteiger partial charge in [0.25, 0.3) is 0 Å². The van der Waals surface area contributed by atoms with E-state index in [1.165, 1.54) is 0 Å². The first kappa shape index (κ1) is 23.5. The maximum atomic E-state index is 13.6. The molecule has 0 N–H and O–H groups in total. The highest BCUT2D eigenvalue weighted by molar-refractivity contribution is 7.99. The van der Waals surface area contributed by atoms with Gasteiger partial charge in [-0.1, -0.05) is 115 Å². The molecule has 5 aromatic rings. The van der Waals surface area contributed by atoms with Crippen LogP contribution in [-0.4, -0.2) is 5.90 Å². The molecular formula is C33H26NOP. The van der Waals surface area contributed by atoms with Crippen LogP contribution in [0.3, 0.4) is 0 Å². The minimum atomic E-state index is -2.53. The third-order valence-electron chi connectivity index (χ3n) is 6.11. The molecule has 0 saturated heterocycles. The number of nitrogens with zero attached hydrogens (tertiary/aromatic N) is 1. The van der Waals surface area contributed by atoms with E-state index < -0.39 is 7.26 Å². The van der Waals surface area contributed by atoms with Crippen LogP contribution in [0.2, 0.25) is 0 Å². The van der Waals surface area contributed by atoms with E-state index in [9.17, 15) is 5.11 Å². The lowest BCUT2D eigenvalue weighted by molar-refractivity contribution is -0.212. The van der Waals surface area contributed by atoms with E-state index in [-0.39, 0.29) is 5.90 Å². The van der Waals surface area contributed by atoms with Gasteiger partial charge in [-0.25, -0.2) is 4.99 Å². The molecule has 0 aliphatic carbocycles. The lowest BCUT2D eigenvalue weighted by Gasteiger charge is -2.28. The molecule has 0 amide bonds. The van der Waals surface area contributed by atoms with E-state index in [4.69, 9.17) is 4.99 Å². The van der Waals surface area contributed by atoms with Crippen molar-refractivity contribution in [3.8, 4) is 0 Å². The van der Waals surface area contributed by atoms with Crippen molar-refractivity contribution in [1.29, 1.82) is 0 Å². The first-order chi connectivity index (χ1) is 17.8. The van der Waals surface area contributed by atoms with Gasteiger partial charge in [0, 0.05) is 6.08 Å². The Bertz CT molecular complexity index is 1350. The van der Waals surface area contributed by atoms with Crippen LogP contribution in [0.5, 0.6) is 0 Å². The number of hydrogen-bond acceptors (Lipinski definition) is 2. The van der Waals surface area contributed by atoms with Crippen LogP contribution < -0.4 is 21.0 Å². The molecule has 0 aliphatic rings. The highest BCUT2D eigenvalue weighted by atomic mass is 31.2. The molecule has 0 aromatic heterocycles. The van der Waals surface area contributed by atoms with Crippen molar-refractivity contribution in [2.75, 3.05) is 0 Å². The molecule has 36 heavy (non-hydrogen) atoms. The third-order valence-corrected chi connectivity index (χ3v) is 10.2. The monoisotopic (exact) mass is 483 g/mol. The van der Waals surface area contributed by atoms with Crippen LogP contribution in [0, 0.1) is 0 Å². The standard InChI is InChI=1S/C33H26NOP/c35-33(28-18-8-2-9-19-28)34-32(26-27-16-6-1-7-17-27)36(29-20-10-3-11-21-29,30-22-12-4-13-23-30)31-24-14-5-15-25-31/h1-26H. The fraction of sp³-hybridized carbons (Fsp3) is 0. The van der Waals surface area contributed by atoms with Gasteiger partial charge in [-0.15, -0.1) is 0 Å². The van der Waals surface area contributed by atoms with Crippen LogP contribution in [0.1, 0.15) is 11.1 Å². The van der Waals surface area contributed by atoms with E-state index in [2.05, 4.69) is 91.0 Å². The molecule has 0 bridgehead atoms. The Labute approximate surface area is 213 Å². The van der Waals surface area contributed by atoms with Gasteiger partial charge in [0.1, 0.15) is 15.9 Å². The maximum absolute atomic E-state index is 13.6. The van der Waals surface area contributed by atoms with E-state index in [0.29, 0.717) is 5.56 Å². The Morgan fingerprint density at radius 3 is 1.28 bits per heavy atom. The second kappa shape index (κ2) is 11.0. The average Bonchev–Trinajstić information content (AvgIpc) is 2.96.